The Hall–Kier alpha value is -2.73. The summed E-state index contributed by atoms with van der Waals surface area (Å²) >= 11 is 5.84. The van der Waals surface area contributed by atoms with Crippen LogP contribution in [0.2, 0.25) is 5.02 Å². The van der Waals surface area contributed by atoms with Crippen molar-refractivity contribution in [1.82, 2.24) is 9.99 Å². The number of benzene rings is 1. The standard InChI is InChI=1S/C16H13ClN4O2/c17-13-3-5-14(6-4-13)20-10-16(23)21(11-15(20)22)19-9-12-2-1-7-18-8-12/h1-9H,10-11H2/b19-9+. The molecule has 1 aliphatic heterocycles. The third-order valence-electron chi connectivity index (χ3n) is 3.34. The van der Waals surface area contributed by atoms with Gasteiger partial charge in [-0.2, -0.15) is 5.10 Å². The van der Waals surface area contributed by atoms with Crippen LogP contribution in [-0.4, -0.2) is 41.1 Å². The van der Waals surface area contributed by atoms with Gasteiger partial charge in [0.25, 0.3) is 5.91 Å². The van der Waals surface area contributed by atoms with E-state index in [4.69, 9.17) is 11.6 Å². The Morgan fingerprint density at radius 1 is 1.09 bits per heavy atom. The van der Waals surface area contributed by atoms with Crippen molar-refractivity contribution in [2.24, 2.45) is 5.10 Å². The number of aromatic nitrogens is 1. The van der Waals surface area contributed by atoms with Crippen LogP contribution in [0.3, 0.4) is 0 Å². The molecule has 0 N–H and O–H groups in total. The van der Waals surface area contributed by atoms with E-state index in [2.05, 4.69) is 10.1 Å². The number of anilines is 1. The van der Waals surface area contributed by atoms with Gasteiger partial charge < -0.3 is 4.90 Å². The van der Waals surface area contributed by atoms with E-state index in [0.29, 0.717) is 10.7 Å². The highest BCUT2D eigenvalue weighted by Gasteiger charge is 2.30. The predicted octanol–water partition coefficient (Wildman–Crippen LogP) is 1.94. The molecule has 0 atom stereocenters. The van der Waals surface area contributed by atoms with Gasteiger partial charge in [-0.05, 0) is 30.3 Å². The molecular weight excluding hydrogens is 316 g/mol. The number of amides is 2. The molecule has 1 aromatic carbocycles. The van der Waals surface area contributed by atoms with Gasteiger partial charge in [-0.15, -0.1) is 0 Å². The van der Waals surface area contributed by atoms with Gasteiger partial charge in [0.2, 0.25) is 5.91 Å². The predicted molar refractivity (Wildman–Crippen MR) is 87.3 cm³/mol. The second-order valence-corrected chi connectivity index (χ2v) is 5.38. The van der Waals surface area contributed by atoms with E-state index >= 15 is 0 Å². The SMILES string of the molecule is O=C1CN(c2ccc(Cl)cc2)C(=O)CN1/N=C/c1cccnc1. The first-order chi connectivity index (χ1) is 11.1. The number of nitrogens with zero attached hydrogens (tertiary/aromatic N) is 4. The van der Waals surface area contributed by atoms with Crippen molar-refractivity contribution in [2.75, 3.05) is 18.0 Å². The Labute approximate surface area is 138 Å². The molecule has 2 heterocycles. The van der Waals surface area contributed by atoms with Gasteiger partial charge in [-0.25, -0.2) is 5.01 Å². The lowest BCUT2D eigenvalue weighted by Gasteiger charge is -2.31. The Morgan fingerprint density at radius 2 is 1.87 bits per heavy atom. The monoisotopic (exact) mass is 328 g/mol. The largest absolute Gasteiger partial charge is 0.301 e. The molecule has 1 aliphatic rings. The smallest absolute Gasteiger partial charge is 0.263 e. The van der Waals surface area contributed by atoms with E-state index < -0.39 is 0 Å². The Kier molecular flexibility index (Phi) is 4.34. The van der Waals surface area contributed by atoms with Crippen LogP contribution >= 0.6 is 11.6 Å². The number of halogens is 1. The highest BCUT2D eigenvalue weighted by Crippen LogP contribution is 2.20. The normalized spacial score (nSPS) is 15.5. The Balaban J connectivity index is 1.72. The first-order valence-electron chi connectivity index (χ1n) is 6.94. The average molecular weight is 329 g/mol. The molecule has 23 heavy (non-hydrogen) atoms. The maximum Gasteiger partial charge on any atom is 0.263 e. The van der Waals surface area contributed by atoms with Gasteiger partial charge in [-0.1, -0.05) is 17.7 Å². The summed E-state index contributed by atoms with van der Waals surface area (Å²) < 4.78 is 0. The topological polar surface area (TPSA) is 65.9 Å². The third kappa shape index (κ3) is 3.54. The van der Waals surface area contributed by atoms with Crippen LogP contribution < -0.4 is 4.90 Å². The molecule has 0 unspecified atom stereocenters. The number of rotatable bonds is 3. The fourth-order valence-electron chi connectivity index (χ4n) is 2.16. The molecule has 1 saturated heterocycles. The molecule has 6 nitrogen and oxygen atoms in total. The summed E-state index contributed by atoms with van der Waals surface area (Å²) in [6.45, 7) is -0.150. The minimum absolute atomic E-state index is 0.0507. The van der Waals surface area contributed by atoms with Crippen LogP contribution in [0.4, 0.5) is 5.69 Å². The zero-order chi connectivity index (χ0) is 16.2. The van der Waals surface area contributed by atoms with Crippen molar-refractivity contribution in [3.8, 4) is 0 Å². The third-order valence-corrected chi connectivity index (χ3v) is 3.59. The quantitative estimate of drug-likeness (QED) is 0.809. The molecule has 0 bridgehead atoms. The minimum atomic E-state index is -0.250. The van der Waals surface area contributed by atoms with Gasteiger partial charge in [0, 0.05) is 28.7 Å². The summed E-state index contributed by atoms with van der Waals surface area (Å²) in [5.74, 6) is -0.449. The lowest BCUT2D eigenvalue weighted by atomic mass is 10.2. The summed E-state index contributed by atoms with van der Waals surface area (Å²) in [6.07, 6.45) is 4.78. The van der Waals surface area contributed by atoms with Crippen molar-refractivity contribution in [2.45, 2.75) is 0 Å². The van der Waals surface area contributed by atoms with E-state index in [-0.39, 0.29) is 24.9 Å². The lowest BCUT2D eigenvalue weighted by Crippen LogP contribution is -2.52. The van der Waals surface area contributed by atoms with Crippen LogP contribution in [0, 0.1) is 0 Å². The highest BCUT2D eigenvalue weighted by molar-refractivity contribution is 6.30. The van der Waals surface area contributed by atoms with E-state index in [0.717, 1.165) is 5.56 Å². The van der Waals surface area contributed by atoms with E-state index in [1.54, 1.807) is 42.7 Å². The van der Waals surface area contributed by atoms with Crippen molar-refractivity contribution in [3.05, 3.63) is 59.4 Å². The molecule has 116 valence electrons. The number of hydrazone groups is 1. The summed E-state index contributed by atoms with van der Waals surface area (Å²) in [7, 11) is 0. The molecule has 0 radical (unpaired) electrons. The van der Waals surface area contributed by atoms with Crippen molar-refractivity contribution >= 4 is 35.3 Å². The van der Waals surface area contributed by atoms with Gasteiger partial charge >= 0.3 is 0 Å². The number of hydrogen-bond acceptors (Lipinski definition) is 4. The fourth-order valence-corrected chi connectivity index (χ4v) is 2.28. The van der Waals surface area contributed by atoms with E-state index in [9.17, 15) is 9.59 Å². The van der Waals surface area contributed by atoms with Crippen molar-refractivity contribution in [3.63, 3.8) is 0 Å². The maximum atomic E-state index is 12.3. The van der Waals surface area contributed by atoms with Crippen LogP contribution in [0.15, 0.2) is 53.9 Å². The van der Waals surface area contributed by atoms with Gasteiger partial charge in [0.15, 0.2) is 0 Å². The van der Waals surface area contributed by atoms with Crippen LogP contribution in [0.1, 0.15) is 5.56 Å². The Bertz CT molecular complexity index is 746. The zero-order valence-electron chi connectivity index (χ0n) is 12.1. The molecule has 0 aliphatic carbocycles. The molecule has 7 heteroatoms. The number of piperazine rings is 1. The van der Waals surface area contributed by atoms with Gasteiger partial charge in [-0.3, -0.25) is 14.6 Å². The first-order valence-corrected chi connectivity index (χ1v) is 7.31. The lowest BCUT2D eigenvalue weighted by molar-refractivity contribution is -0.138. The summed E-state index contributed by atoms with van der Waals surface area (Å²) in [6, 6.07) is 10.4. The highest BCUT2D eigenvalue weighted by atomic mass is 35.5. The number of hydrogen-bond donors (Lipinski definition) is 0. The molecule has 1 aromatic heterocycles. The van der Waals surface area contributed by atoms with Crippen LogP contribution in [-0.2, 0) is 9.59 Å². The van der Waals surface area contributed by atoms with Crippen LogP contribution in [0.25, 0.3) is 0 Å². The number of pyridine rings is 1. The first kappa shape index (κ1) is 15.2. The zero-order valence-corrected chi connectivity index (χ0v) is 12.8. The summed E-state index contributed by atoms with van der Waals surface area (Å²) in [4.78, 5) is 29.8. The molecule has 3 rings (SSSR count). The number of carbonyl (C=O) groups is 2. The molecule has 2 amide bonds. The fraction of sp³-hybridized carbons (Fsp3) is 0.125. The van der Waals surface area contributed by atoms with E-state index in [1.165, 1.54) is 16.1 Å². The van der Waals surface area contributed by atoms with Crippen molar-refractivity contribution < 1.29 is 9.59 Å². The van der Waals surface area contributed by atoms with Gasteiger partial charge in [0.1, 0.15) is 13.1 Å². The van der Waals surface area contributed by atoms with Gasteiger partial charge in [0.05, 0.1) is 6.21 Å². The van der Waals surface area contributed by atoms with Crippen LogP contribution in [0.5, 0.6) is 0 Å². The molecular formula is C16H13ClN4O2. The second-order valence-electron chi connectivity index (χ2n) is 4.94. The minimum Gasteiger partial charge on any atom is -0.301 e. The van der Waals surface area contributed by atoms with Crippen molar-refractivity contribution in [1.29, 1.82) is 0 Å². The average Bonchev–Trinajstić information content (AvgIpc) is 2.57. The summed E-state index contributed by atoms with van der Waals surface area (Å²) in [5.41, 5.74) is 1.40. The summed E-state index contributed by atoms with van der Waals surface area (Å²) in [5, 5.41) is 5.82. The number of carbonyl (C=O) groups excluding carboxylic acids is 2. The maximum absolute atomic E-state index is 12.3. The van der Waals surface area contributed by atoms with E-state index in [1.807, 2.05) is 6.07 Å². The molecule has 0 spiro atoms. The second kappa shape index (κ2) is 6.58. The molecule has 2 aromatic rings. The molecule has 1 fully saturated rings. The Morgan fingerprint density at radius 3 is 2.57 bits per heavy atom. The molecule has 0 saturated carbocycles.